The molecule has 1 aliphatic rings. The van der Waals surface area contributed by atoms with E-state index in [1.807, 2.05) is 0 Å². The Morgan fingerprint density at radius 2 is 2.06 bits per heavy atom. The molecule has 6 nitrogen and oxygen atoms in total. The van der Waals surface area contributed by atoms with Crippen LogP contribution < -0.4 is 0 Å². The zero-order chi connectivity index (χ0) is 13.4. The smallest absolute Gasteiger partial charge is 0.364 e. The Bertz CT molecular complexity index is 325. The lowest BCUT2D eigenvalue weighted by Crippen LogP contribution is -2.29. The number of esters is 1. The van der Waals surface area contributed by atoms with Crippen LogP contribution in [0.25, 0.3) is 0 Å². The number of ether oxygens (including phenoxy) is 2. The molecule has 7 heteroatoms. The number of oxime groups is 1. The molecule has 0 aromatic heterocycles. The van der Waals surface area contributed by atoms with Crippen LogP contribution in [0.15, 0.2) is 5.16 Å². The molecule has 0 saturated carbocycles. The number of hydrogen-bond acceptors (Lipinski definition) is 6. The van der Waals surface area contributed by atoms with E-state index in [2.05, 4.69) is 21.1 Å². The van der Waals surface area contributed by atoms with E-state index in [1.165, 1.54) is 0 Å². The Kier molecular flexibility index (Phi) is 6.89. The van der Waals surface area contributed by atoms with Crippen LogP contribution in [0.2, 0.25) is 0 Å². The van der Waals surface area contributed by atoms with Gasteiger partial charge in [0, 0.05) is 12.8 Å². The first-order chi connectivity index (χ1) is 8.69. The SMILES string of the molecule is CCOC(=O)C(=NOC1CCOCC1)C(=O)CBr. The second-order valence-electron chi connectivity index (χ2n) is 3.63. The second kappa shape index (κ2) is 8.20. The van der Waals surface area contributed by atoms with E-state index >= 15 is 0 Å². The quantitative estimate of drug-likeness (QED) is 0.240. The Hall–Kier alpha value is -0.950. The van der Waals surface area contributed by atoms with Crippen molar-refractivity contribution in [2.24, 2.45) is 5.16 Å². The molecule has 18 heavy (non-hydrogen) atoms. The van der Waals surface area contributed by atoms with E-state index in [0.717, 1.165) is 0 Å². The van der Waals surface area contributed by atoms with Gasteiger partial charge in [0.2, 0.25) is 11.5 Å². The average molecular weight is 322 g/mol. The number of rotatable bonds is 6. The van der Waals surface area contributed by atoms with Gasteiger partial charge in [0.25, 0.3) is 0 Å². The highest BCUT2D eigenvalue weighted by atomic mass is 79.9. The van der Waals surface area contributed by atoms with Crippen molar-refractivity contribution in [1.82, 2.24) is 0 Å². The Balaban J connectivity index is 2.62. The van der Waals surface area contributed by atoms with Crippen LogP contribution in [-0.4, -0.2) is 48.7 Å². The van der Waals surface area contributed by atoms with Crippen molar-refractivity contribution >= 4 is 33.4 Å². The van der Waals surface area contributed by atoms with Crippen LogP contribution in [0.3, 0.4) is 0 Å². The maximum absolute atomic E-state index is 11.5. The molecule has 1 saturated heterocycles. The van der Waals surface area contributed by atoms with Crippen LogP contribution in [0.4, 0.5) is 0 Å². The van der Waals surface area contributed by atoms with Gasteiger partial charge in [0.1, 0.15) is 6.10 Å². The molecule has 0 aromatic carbocycles. The first-order valence-corrected chi connectivity index (χ1v) is 6.89. The number of hydrogen-bond donors (Lipinski definition) is 0. The summed E-state index contributed by atoms with van der Waals surface area (Å²) in [4.78, 5) is 28.2. The summed E-state index contributed by atoms with van der Waals surface area (Å²) >= 11 is 2.99. The van der Waals surface area contributed by atoms with E-state index in [4.69, 9.17) is 14.3 Å². The fourth-order valence-electron chi connectivity index (χ4n) is 1.37. The Morgan fingerprint density at radius 1 is 1.39 bits per heavy atom. The monoisotopic (exact) mass is 321 g/mol. The number of alkyl halides is 1. The predicted octanol–water partition coefficient (Wildman–Crippen LogP) is 1.07. The van der Waals surface area contributed by atoms with Crippen molar-refractivity contribution < 1.29 is 23.9 Å². The standard InChI is InChI=1S/C11H16BrNO5/c1-2-17-11(15)10(9(14)7-12)13-18-8-3-5-16-6-4-8/h8H,2-7H2,1H3. The first kappa shape index (κ1) is 15.1. The van der Waals surface area contributed by atoms with Crippen LogP contribution in [0.5, 0.6) is 0 Å². The van der Waals surface area contributed by atoms with Gasteiger partial charge >= 0.3 is 5.97 Å². The highest BCUT2D eigenvalue weighted by Gasteiger charge is 2.23. The number of halogens is 1. The van der Waals surface area contributed by atoms with Crippen LogP contribution in [0, 0.1) is 0 Å². The first-order valence-electron chi connectivity index (χ1n) is 5.76. The van der Waals surface area contributed by atoms with Crippen LogP contribution in [-0.2, 0) is 23.9 Å². The van der Waals surface area contributed by atoms with Crippen LogP contribution in [0.1, 0.15) is 19.8 Å². The fraction of sp³-hybridized carbons (Fsp3) is 0.727. The average Bonchev–Trinajstić information content (AvgIpc) is 2.40. The minimum absolute atomic E-state index is 0.00177. The third kappa shape index (κ3) is 4.73. The van der Waals surface area contributed by atoms with Crippen LogP contribution >= 0.6 is 15.9 Å². The van der Waals surface area contributed by atoms with Gasteiger partial charge in [-0.25, -0.2) is 4.79 Å². The lowest BCUT2D eigenvalue weighted by atomic mass is 10.2. The maximum atomic E-state index is 11.5. The van der Waals surface area contributed by atoms with Gasteiger partial charge in [-0.3, -0.25) is 4.79 Å². The molecule has 0 spiro atoms. The fourth-order valence-corrected chi connectivity index (χ4v) is 1.64. The van der Waals surface area contributed by atoms with Crippen molar-refractivity contribution in [3.05, 3.63) is 0 Å². The summed E-state index contributed by atoms with van der Waals surface area (Å²) in [5.41, 5.74) is -0.305. The van der Waals surface area contributed by atoms with Crippen molar-refractivity contribution in [1.29, 1.82) is 0 Å². The summed E-state index contributed by atoms with van der Waals surface area (Å²) in [7, 11) is 0. The molecule has 0 N–H and O–H groups in total. The van der Waals surface area contributed by atoms with E-state index in [-0.39, 0.29) is 23.8 Å². The van der Waals surface area contributed by atoms with Gasteiger partial charge in [-0.1, -0.05) is 21.1 Å². The molecule has 0 aliphatic carbocycles. The summed E-state index contributed by atoms with van der Waals surface area (Å²) in [5.74, 6) is -1.21. The van der Waals surface area contributed by atoms with E-state index in [9.17, 15) is 9.59 Å². The molecule has 0 unspecified atom stereocenters. The number of carbonyl (C=O) groups is 2. The third-order valence-corrected chi connectivity index (χ3v) is 2.82. The molecule has 1 fully saturated rings. The summed E-state index contributed by atoms with van der Waals surface area (Å²) in [6.45, 7) is 3.04. The molecular formula is C11H16BrNO5. The summed E-state index contributed by atoms with van der Waals surface area (Å²) in [5, 5.41) is 3.65. The minimum Gasteiger partial charge on any atom is -0.461 e. The zero-order valence-corrected chi connectivity index (χ0v) is 11.8. The summed E-state index contributed by atoms with van der Waals surface area (Å²) < 4.78 is 9.92. The normalized spacial score (nSPS) is 17.3. The lowest BCUT2D eigenvalue weighted by molar-refractivity contribution is -0.136. The molecule has 0 bridgehead atoms. The largest absolute Gasteiger partial charge is 0.461 e. The molecule has 1 aliphatic heterocycles. The zero-order valence-electron chi connectivity index (χ0n) is 10.2. The van der Waals surface area contributed by atoms with Gasteiger partial charge in [-0.2, -0.15) is 0 Å². The van der Waals surface area contributed by atoms with Gasteiger partial charge < -0.3 is 14.3 Å². The lowest BCUT2D eigenvalue weighted by Gasteiger charge is -2.20. The molecule has 0 amide bonds. The highest BCUT2D eigenvalue weighted by Crippen LogP contribution is 2.11. The highest BCUT2D eigenvalue weighted by molar-refractivity contribution is 9.09. The second-order valence-corrected chi connectivity index (χ2v) is 4.20. The molecule has 0 radical (unpaired) electrons. The topological polar surface area (TPSA) is 74.2 Å². The van der Waals surface area contributed by atoms with Crippen molar-refractivity contribution in [3.63, 3.8) is 0 Å². The maximum Gasteiger partial charge on any atom is 0.364 e. The molecule has 0 atom stereocenters. The number of Topliss-reactive ketones (excluding diaryl/α,β-unsaturated/α-hetero) is 1. The van der Waals surface area contributed by atoms with Crippen molar-refractivity contribution in [2.75, 3.05) is 25.2 Å². The molecule has 102 valence electrons. The summed E-state index contributed by atoms with van der Waals surface area (Å²) in [6, 6.07) is 0. The third-order valence-electron chi connectivity index (χ3n) is 2.32. The Morgan fingerprint density at radius 3 is 2.61 bits per heavy atom. The van der Waals surface area contributed by atoms with Gasteiger partial charge in [0.05, 0.1) is 25.2 Å². The Labute approximate surface area is 114 Å². The molecule has 0 aromatic rings. The van der Waals surface area contributed by atoms with Gasteiger partial charge in [-0.05, 0) is 6.92 Å². The number of carbonyl (C=O) groups excluding carboxylic acids is 2. The van der Waals surface area contributed by atoms with Gasteiger partial charge in [-0.15, -0.1) is 0 Å². The summed E-state index contributed by atoms with van der Waals surface area (Å²) in [6.07, 6.45) is 1.27. The van der Waals surface area contributed by atoms with Crippen molar-refractivity contribution in [2.45, 2.75) is 25.9 Å². The molecular weight excluding hydrogens is 306 g/mol. The number of nitrogens with zero attached hydrogens (tertiary/aromatic N) is 1. The molecule has 1 rings (SSSR count). The number of ketones is 1. The predicted molar refractivity (Wildman–Crippen MR) is 67.8 cm³/mol. The van der Waals surface area contributed by atoms with E-state index in [1.54, 1.807) is 6.92 Å². The van der Waals surface area contributed by atoms with E-state index < -0.39 is 11.8 Å². The van der Waals surface area contributed by atoms with E-state index in [0.29, 0.717) is 26.1 Å². The van der Waals surface area contributed by atoms with Crippen molar-refractivity contribution in [3.8, 4) is 0 Å². The molecule has 1 heterocycles. The minimum atomic E-state index is -0.756. The van der Waals surface area contributed by atoms with Gasteiger partial charge in [0.15, 0.2) is 0 Å².